The molecule has 0 radical (unpaired) electrons. The van der Waals surface area contributed by atoms with Crippen molar-refractivity contribution in [1.29, 1.82) is 0 Å². The molecule has 5 nitrogen and oxygen atoms in total. The zero-order valence-electron chi connectivity index (χ0n) is 14.5. The van der Waals surface area contributed by atoms with Crippen molar-refractivity contribution >= 4 is 10.0 Å². The number of rotatable bonds is 2. The van der Waals surface area contributed by atoms with Crippen LogP contribution in [0.25, 0.3) is 0 Å². The van der Waals surface area contributed by atoms with E-state index in [4.69, 9.17) is 0 Å². The Labute approximate surface area is 144 Å². The predicted molar refractivity (Wildman–Crippen MR) is 92.2 cm³/mol. The fourth-order valence-corrected chi connectivity index (χ4v) is 6.41. The Morgan fingerprint density at radius 1 is 0.958 bits per heavy atom. The highest BCUT2D eigenvalue weighted by Crippen LogP contribution is 2.40. The SMILES string of the molecule is CC(C)(C)c1ccccc1S(=O)(=O)N1C2CCC1C(O)CCC2O. The third-order valence-corrected chi connectivity index (χ3v) is 7.32. The van der Waals surface area contributed by atoms with Crippen LogP contribution in [0, 0.1) is 0 Å². The molecule has 0 spiro atoms. The molecular weight excluding hydrogens is 326 g/mol. The van der Waals surface area contributed by atoms with Crippen LogP contribution in [-0.4, -0.2) is 47.2 Å². The van der Waals surface area contributed by atoms with Crippen LogP contribution in [0.5, 0.6) is 0 Å². The second-order valence-electron chi connectivity index (χ2n) is 8.01. The van der Waals surface area contributed by atoms with Gasteiger partial charge in [0.1, 0.15) is 0 Å². The highest BCUT2D eigenvalue weighted by atomic mass is 32.2. The van der Waals surface area contributed by atoms with Gasteiger partial charge in [0.15, 0.2) is 0 Å². The molecule has 2 bridgehead atoms. The quantitative estimate of drug-likeness (QED) is 0.853. The summed E-state index contributed by atoms with van der Waals surface area (Å²) in [6, 6.07) is 6.18. The minimum atomic E-state index is -3.79. The maximum Gasteiger partial charge on any atom is 0.244 e. The summed E-state index contributed by atoms with van der Waals surface area (Å²) in [7, 11) is -3.79. The molecule has 3 rings (SSSR count). The van der Waals surface area contributed by atoms with Crippen molar-refractivity contribution < 1.29 is 18.6 Å². The Bertz CT molecular complexity index is 692. The Hall–Kier alpha value is -0.950. The molecule has 0 aliphatic carbocycles. The van der Waals surface area contributed by atoms with Crippen LogP contribution in [0.4, 0.5) is 0 Å². The monoisotopic (exact) mass is 353 g/mol. The van der Waals surface area contributed by atoms with Crippen LogP contribution in [0.3, 0.4) is 0 Å². The number of fused-ring (bicyclic) bond motifs is 2. The molecule has 134 valence electrons. The Balaban J connectivity index is 2.12. The van der Waals surface area contributed by atoms with E-state index in [1.54, 1.807) is 12.1 Å². The van der Waals surface area contributed by atoms with Gasteiger partial charge in [0.2, 0.25) is 10.0 Å². The third-order valence-electron chi connectivity index (χ3n) is 5.31. The minimum absolute atomic E-state index is 0.288. The van der Waals surface area contributed by atoms with Crippen molar-refractivity contribution in [3.8, 4) is 0 Å². The highest BCUT2D eigenvalue weighted by molar-refractivity contribution is 7.89. The van der Waals surface area contributed by atoms with Crippen molar-refractivity contribution in [3.63, 3.8) is 0 Å². The molecule has 1 aromatic carbocycles. The smallest absolute Gasteiger partial charge is 0.244 e. The Kier molecular flexibility index (Phi) is 4.53. The van der Waals surface area contributed by atoms with Crippen molar-refractivity contribution in [2.24, 2.45) is 0 Å². The van der Waals surface area contributed by atoms with E-state index in [0.717, 1.165) is 5.56 Å². The average Bonchev–Trinajstić information content (AvgIpc) is 2.92. The van der Waals surface area contributed by atoms with Gasteiger partial charge in [-0.1, -0.05) is 39.0 Å². The lowest BCUT2D eigenvalue weighted by Crippen LogP contribution is -2.48. The zero-order valence-corrected chi connectivity index (χ0v) is 15.3. The molecular formula is C18H27NO4S. The van der Waals surface area contributed by atoms with Crippen molar-refractivity contribution in [3.05, 3.63) is 29.8 Å². The Morgan fingerprint density at radius 2 is 1.46 bits per heavy atom. The fraction of sp³-hybridized carbons (Fsp3) is 0.667. The number of hydrogen-bond donors (Lipinski definition) is 2. The summed E-state index contributed by atoms with van der Waals surface area (Å²) in [6.07, 6.45) is 0.636. The number of aliphatic hydroxyl groups excluding tert-OH is 2. The molecule has 4 unspecified atom stereocenters. The largest absolute Gasteiger partial charge is 0.391 e. The Morgan fingerprint density at radius 3 is 1.96 bits per heavy atom. The summed E-state index contributed by atoms with van der Waals surface area (Å²) in [5.41, 5.74) is 0.448. The van der Waals surface area contributed by atoms with Crippen LogP contribution in [0.2, 0.25) is 0 Å². The van der Waals surface area contributed by atoms with Crippen LogP contribution in [-0.2, 0) is 15.4 Å². The zero-order chi connectivity index (χ0) is 17.7. The molecule has 24 heavy (non-hydrogen) atoms. The van der Waals surface area contributed by atoms with E-state index in [9.17, 15) is 18.6 Å². The van der Waals surface area contributed by atoms with Gasteiger partial charge in [0.05, 0.1) is 29.2 Å². The van der Waals surface area contributed by atoms with E-state index < -0.39 is 34.3 Å². The summed E-state index contributed by atoms with van der Waals surface area (Å²) < 4.78 is 28.3. The first-order chi connectivity index (χ1) is 11.1. The molecule has 0 aromatic heterocycles. The van der Waals surface area contributed by atoms with E-state index in [2.05, 4.69) is 0 Å². The maximum atomic E-state index is 13.5. The number of sulfonamides is 1. The van der Waals surface area contributed by atoms with Gasteiger partial charge < -0.3 is 10.2 Å². The van der Waals surface area contributed by atoms with E-state index in [0.29, 0.717) is 25.7 Å². The van der Waals surface area contributed by atoms with Crippen LogP contribution in [0.15, 0.2) is 29.2 Å². The number of hydrogen-bond acceptors (Lipinski definition) is 4. The van der Waals surface area contributed by atoms with Crippen molar-refractivity contribution in [2.75, 3.05) is 0 Å². The van der Waals surface area contributed by atoms with Crippen LogP contribution >= 0.6 is 0 Å². The normalized spacial score (nSPS) is 31.9. The van der Waals surface area contributed by atoms with Gasteiger partial charge in [-0.2, -0.15) is 4.31 Å². The molecule has 0 amide bonds. The van der Waals surface area contributed by atoms with E-state index in [-0.39, 0.29) is 10.3 Å². The van der Waals surface area contributed by atoms with Gasteiger partial charge in [0.25, 0.3) is 0 Å². The summed E-state index contributed by atoms with van der Waals surface area (Å²) >= 11 is 0. The lowest BCUT2D eigenvalue weighted by molar-refractivity contribution is 0.101. The summed E-state index contributed by atoms with van der Waals surface area (Å²) in [5.74, 6) is 0. The summed E-state index contributed by atoms with van der Waals surface area (Å²) in [4.78, 5) is 0.288. The first kappa shape index (κ1) is 17.9. The standard InChI is InChI=1S/C18H27NO4S/c1-18(2,3)12-6-4-5-7-17(12)24(22,23)19-13-8-9-14(19)16(21)11-10-15(13)20/h4-7,13-16,20-21H,8-11H2,1-3H3. The lowest BCUT2D eigenvalue weighted by Gasteiger charge is -2.32. The van der Waals surface area contributed by atoms with E-state index in [1.807, 2.05) is 32.9 Å². The fourth-order valence-electron chi connectivity index (χ4n) is 4.07. The van der Waals surface area contributed by atoms with Crippen LogP contribution in [0.1, 0.15) is 52.0 Å². The molecule has 2 saturated heterocycles. The molecule has 2 heterocycles. The summed E-state index contributed by atoms with van der Waals surface area (Å²) in [5, 5.41) is 20.8. The number of nitrogens with zero attached hydrogens (tertiary/aromatic N) is 1. The van der Waals surface area contributed by atoms with Gasteiger partial charge in [-0.25, -0.2) is 8.42 Å². The highest BCUT2D eigenvalue weighted by Gasteiger charge is 2.50. The first-order valence-corrected chi connectivity index (χ1v) is 10.1. The lowest BCUT2D eigenvalue weighted by atomic mass is 9.87. The molecule has 2 aliphatic rings. The maximum absolute atomic E-state index is 13.5. The van der Waals surface area contributed by atoms with Gasteiger partial charge in [-0.3, -0.25) is 0 Å². The third kappa shape index (κ3) is 2.90. The minimum Gasteiger partial charge on any atom is -0.391 e. The van der Waals surface area contributed by atoms with Gasteiger partial charge in [-0.05, 0) is 42.7 Å². The van der Waals surface area contributed by atoms with Crippen molar-refractivity contribution in [2.45, 2.75) is 81.1 Å². The number of benzene rings is 1. The first-order valence-electron chi connectivity index (χ1n) is 8.63. The molecule has 2 fully saturated rings. The summed E-state index contributed by atoms with van der Waals surface area (Å²) in [6.45, 7) is 5.96. The average molecular weight is 353 g/mol. The molecule has 0 saturated carbocycles. The van der Waals surface area contributed by atoms with Crippen molar-refractivity contribution in [1.82, 2.24) is 4.31 Å². The second-order valence-corrected chi connectivity index (χ2v) is 9.82. The van der Waals surface area contributed by atoms with Gasteiger partial charge in [0, 0.05) is 0 Å². The predicted octanol–water partition coefficient (Wildman–Crippen LogP) is 2.02. The molecule has 6 heteroatoms. The molecule has 1 aromatic rings. The topological polar surface area (TPSA) is 77.8 Å². The molecule has 2 aliphatic heterocycles. The molecule has 2 N–H and O–H groups in total. The van der Waals surface area contributed by atoms with Crippen LogP contribution < -0.4 is 0 Å². The number of aliphatic hydroxyl groups is 2. The van der Waals surface area contributed by atoms with E-state index >= 15 is 0 Å². The second kappa shape index (κ2) is 6.09. The van der Waals surface area contributed by atoms with Gasteiger partial charge in [-0.15, -0.1) is 0 Å². The molecule has 4 atom stereocenters. The van der Waals surface area contributed by atoms with Gasteiger partial charge >= 0.3 is 0 Å². The van der Waals surface area contributed by atoms with E-state index in [1.165, 1.54) is 4.31 Å².